The highest BCUT2D eigenvalue weighted by molar-refractivity contribution is 7.91. The minimum atomic E-state index is -5.24. The zero-order chi connectivity index (χ0) is 25.0. The van der Waals surface area contributed by atoms with E-state index in [1.165, 1.54) is 24.3 Å². The molecule has 0 bridgehead atoms. The van der Waals surface area contributed by atoms with Crippen molar-refractivity contribution in [3.05, 3.63) is 53.1 Å². The van der Waals surface area contributed by atoms with Crippen LogP contribution in [-0.2, 0) is 14.6 Å². The fourth-order valence-corrected chi connectivity index (χ4v) is 4.02. The molecule has 0 aliphatic heterocycles. The van der Waals surface area contributed by atoms with E-state index >= 15 is 0 Å². The van der Waals surface area contributed by atoms with Gasteiger partial charge in [-0.3, -0.25) is 9.59 Å². The van der Waals surface area contributed by atoms with Crippen molar-refractivity contribution in [3.63, 3.8) is 0 Å². The molecule has 4 N–H and O–H groups in total. The quantitative estimate of drug-likeness (QED) is 0.405. The van der Waals surface area contributed by atoms with Crippen LogP contribution in [0, 0.1) is 0 Å². The Hall–Kier alpha value is -2.67. The molecule has 2 aromatic rings. The van der Waals surface area contributed by atoms with Crippen LogP contribution in [0.25, 0.3) is 0 Å². The second-order valence-electron chi connectivity index (χ2n) is 7.03. The largest absolute Gasteiger partial charge is 0.426 e. The molecule has 0 aliphatic carbocycles. The standard InChI is InChI=1S/C20H20ClF3N2O6S/c1-19(30,20(22,23)24)18(29)26-16-8-7-14(11-15(16)21)33(31,32)13-5-3-12(4-6-13)17(28)25-9-2-10-27/h3-8,11,27,30H,2,9-10H2,1H3,(H,25,28)(H,26,29)/t19-/m1/s1. The molecule has 2 rings (SSSR count). The molecule has 2 aromatic carbocycles. The Morgan fingerprint density at radius 1 is 1.06 bits per heavy atom. The van der Waals surface area contributed by atoms with Crippen LogP contribution in [0.4, 0.5) is 18.9 Å². The molecule has 1 atom stereocenters. The van der Waals surface area contributed by atoms with E-state index < -0.39 is 33.4 Å². The number of aliphatic hydroxyl groups is 2. The predicted octanol–water partition coefficient (Wildman–Crippen LogP) is 2.54. The summed E-state index contributed by atoms with van der Waals surface area (Å²) in [5, 5.41) is 22.1. The van der Waals surface area contributed by atoms with E-state index in [1.54, 1.807) is 0 Å². The van der Waals surface area contributed by atoms with E-state index in [9.17, 15) is 36.3 Å². The van der Waals surface area contributed by atoms with E-state index in [2.05, 4.69) is 5.32 Å². The van der Waals surface area contributed by atoms with E-state index in [-0.39, 0.29) is 46.1 Å². The Kier molecular flexibility index (Phi) is 8.12. The molecule has 0 saturated heterocycles. The topological polar surface area (TPSA) is 133 Å². The molecule has 0 radical (unpaired) electrons. The summed E-state index contributed by atoms with van der Waals surface area (Å²) in [6.45, 7) is 0.422. The molecule has 180 valence electrons. The molecule has 13 heteroatoms. The number of nitrogens with one attached hydrogen (secondary N) is 2. The van der Waals surface area contributed by atoms with Crippen molar-refractivity contribution in [1.29, 1.82) is 0 Å². The minimum absolute atomic E-state index is 0.0931. The third-order valence-corrected chi connectivity index (χ3v) is 6.62. The summed E-state index contributed by atoms with van der Waals surface area (Å²) in [5.74, 6) is -2.24. The van der Waals surface area contributed by atoms with Gasteiger partial charge < -0.3 is 20.8 Å². The van der Waals surface area contributed by atoms with Gasteiger partial charge in [-0.2, -0.15) is 13.2 Å². The van der Waals surface area contributed by atoms with Crippen LogP contribution in [0.2, 0.25) is 5.02 Å². The average molecular weight is 509 g/mol. The summed E-state index contributed by atoms with van der Waals surface area (Å²) in [4.78, 5) is 23.3. The van der Waals surface area contributed by atoms with Crippen molar-refractivity contribution in [1.82, 2.24) is 5.32 Å². The van der Waals surface area contributed by atoms with Crippen LogP contribution in [0.5, 0.6) is 0 Å². The van der Waals surface area contributed by atoms with Crippen LogP contribution in [0.3, 0.4) is 0 Å². The van der Waals surface area contributed by atoms with Gasteiger partial charge in [0.1, 0.15) is 0 Å². The lowest BCUT2D eigenvalue weighted by molar-refractivity contribution is -0.242. The maximum atomic E-state index is 12.8. The third kappa shape index (κ3) is 6.02. The van der Waals surface area contributed by atoms with Crippen molar-refractivity contribution >= 4 is 38.9 Å². The molecule has 0 saturated carbocycles. The highest BCUT2D eigenvalue weighted by atomic mass is 35.5. The van der Waals surface area contributed by atoms with Gasteiger partial charge in [0.15, 0.2) is 0 Å². The number of hydrogen-bond acceptors (Lipinski definition) is 6. The van der Waals surface area contributed by atoms with Gasteiger partial charge in [0.2, 0.25) is 15.4 Å². The SMILES string of the molecule is C[C@@](O)(C(=O)Nc1ccc(S(=O)(=O)c2ccc(C(=O)NCCCO)cc2)cc1Cl)C(F)(F)F. The Balaban J connectivity index is 2.23. The van der Waals surface area contributed by atoms with Gasteiger partial charge in [-0.15, -0.1) is 0 Å². The van der Waals surface area contributed by atoms with Gasteiger partial charge in [0.05, 0.1) is 20.5 Å². The summed E-state index contributed by atoms with van der Waals surface area (Å²) in [7, 11) is -4.11. The average Bonchev–Trinajstić information content (AvgIpc) is 2.74. The lowest BCUT2D eigenvalue weighted by atomic mass is 10.1. The van der Waals surface area contributed by atoms with Crippen molar-refractivity contribution in [2.45, 2.75) is 34.9 Å². The molecular weight excluding hydrogens is 489 g/mol. The van der Waals surface area contributed by atoms with Crippen molar-refractivity contribution < 1.29 is 41.4 Å². The van der Waals surface area contributed by atoms with Crippen LogP contribution in [0.15, 0.2) is 52.3 Å². The first-order valence-electron chi connectivity index (χ1n) is 9.36. The van der Waals surface area contributed by atoms with E-state index in [4.69, 9.17) is 16.7 Å². The second-order valence-corrected chi connectivity index (χ2v) is 9.38. The monoisotopic (exact) mass is 508 g/mol. The Morgan fingerprint density at radius 2 is 1.64 bits per heavy atom. The fraction of sp³-hybridized carbons (Fsp3) is 0.300. The molecule has 0 heterocycles. The van der Waals surface area contributed by atoms with Gasteiger partial charge in [-0.25, -0.2) is 8.42 Å². The number of hydrogen-bond donors (Lipinski definition) is 4. The molecular formula is C20H20ClF3N2O6S. The summed E-state index contributed by atoms with van der Waals surface area (Å²) < 4.78 is 64.1. The van der Waals surface area contributed by atoms with Gasteiger partial charge in [0.25, 0.3) is 11.8 Å². The Labute approximate surface area is 192 Å². The van der Waals surface area contributed by atoms with Crippen molar-refractivity contribution in [2.75, 3.05) is 18.5 Å². The maximum Gasteiger partial charge on any atom is 0.426 e. The molecule has 0 fully saturated rings. The number of benzene rings is 2. The number of aliphatic hydroxyl groups excluding tert-OH is 1. The molecule has 8 nitrogen and oxygen atoms in total. The third-order valence-electron chi connectivity index (χ3n) is 4.54. The minimum Gasteiger partial charge on any atom is -0.396 e. The lowest BCUT2D eigenvalue weighted by Gasteiger charge is -2.25. The first kappa shape index (κ1) is 26.6. The van der Waals surface area contributed by atoms with Gasteiger partial charge in [0, 0.05) is 18.7 Å². The predicted molar refractivity (Wildman–Crippen MR) is 113 cm³/mol. The lowest BCUT2D eigenvalue weighted by Crippen LogP contribution is -2.52. The van der Waals surface area contributed by atoms with Crippen molar-refractivity contribution in [3.8, 4) is 0 Å². The number of anilines is 1. The number of halogens is 4. The van der Waals surface area contributed by atoms with E-state index in [0.29, 0.717) is 6.42 Å². The van der Waals surface area contributed by atoms with E-state index in [1.807, 2.05) is 5.32 Å². The highest BCUT2D eigenvalue weighted by Crippen LogP contribution is 2.33. The van der Waals surface area contributed by atoms with E-state index in [0.717, 1.165) is 18.2 Å². The molecule has 0 aliphatic rings. The zero-order valence-corrected chi connectivity index (χ0v) is 18.7. The summed E-state index contributed by atoms with van der Waals surface area (Å²) in [6.07, 6.45) is -4.88. The summed E-state index contributed by atoms with van der Waals surface area (Å²) in [6, 6.07) is 7.91. The number of alkyl halides is 3. The molecule has 2 amide bonds. The molecule has 0 unspecified atom stereocenters. The highest BCUT2D eigenvalue weighted by Gasteiger charge is 2.55. The normalized spacial score (nSPS) is 13.8. The first-order valence-corrected chi connectivity index (χ1v) is 11.2. The smallest absolute Gasteiger partial charge is 0.396 e. The maximum absolute atomic E-state index is 12.8. The molecule has 33 heavy (non-hydrogen) atoms. The molecule has 0 spiro atoms. The fourth-order valence-electron chi connectivity index (χ4n) is 2.44. The summed E-state index contributed by atoms with van der Waals surface area (Å²) in [5.41, 5.74) is -3.83. The van der Waals surface area contributed by atoms with Gasteiger partial charge in [-0.1, -0.05) is 11.6 Å². The summed E-state index contributed by atoms with van der Waals surface area (Å²) >= 11 is 5.95. The van der Waals surface area contributed by atoms with Crippen molar-refractivity contribution in [2.24, 2.45) is 0 Å². The number of carbonyl (C=O) groups is 2. The Bertz CT molecular complexity index is 1140. The number of sulfone groups is 1. The van der Waals surface area contributed by atoms with Crippen LogP contribution in [0.1, 0.15) is 23.7 Å². The zero-order valence-electron chi connectivity index (χ0n) is 17.1. The molecule has 0 aromatic heterocycles. The second kappa shape index (κ2) is 10.1. The van der Waals surface area contributed by atoms with Gasteiger partial charge in [-0.05, 0) is 55.8 Å². The van der Waals surface area contributed by atoms with Gasteiger partial charge >= 0.3 is 6.18 Å². The van der Waals surface area contributed by atoms with Crippen LogP contribution < -0.4 is 10.6 Å². The van der Waals surface area contributed by atoms with Crippen LogP contribution in [-0.4, -0.2) is 55.4 Å². The Morgan fingerprint density at radius 3 is 2.15 bits per heavy atom. The number of amides is 2. The number of carbonyl (C=O) groups excluding carboxylic acids is 2. The number of rotatable bonds is 8. The first-order chi connectivity index (χ1) is 15.2. The van der Waals surface area contributed by atoms with Crippen LogP contribution >= 0.6 is 11.6 Å².